The van der Waals surface area contributed by atoms with Crippen molar-refractivity contribution in [1.29, 1.82) is 0 Å². The molecule has 2 saturated heterocycles. The van der Waals surface area contributed by atoms with E-state index in [2.05, 4.69) is 22.3 Å². The summed E-state index contributed by atoms with van der Waals surface area (Å²) >= 11 is 0. The van der Waals surface area contributed by atoms with Gasteiger partial charge in [-0.1, -0.05) is 30.3 Å². The van der Waals surface area contributed by atoms with Gasteiger partial charge < -0.3 is 19.7 Å². The van der Waals surface area contributed by atoms with Gasteiger partial charge in [0.2, 0.25) is 5.91 Å². The minimum absolute atomic E-state index is 0.135. The van der Waals surface area contributed by atoms with E-state index >= 15 is 0 Å². The van der Waals surface area contributed by atoms with E-state index in [4.69, 9.17) is 9.47 Å². The number of ether oxygens (including phenoxy) is 2. The number of hydrogen-bond acceptors (Lipinski definition) is 4. The van der Waals surface area contributed by atoms with Crippen LogP contribution in [0.2, 0.25) is 0 Å². The largest absolute Gasteiger partial charge is 0.377 e. The number of carbonyl (C=O) groups is 1. The van der Waals surface area contributed by atoms with Crippen molar-refractivity contribution >= 4 is 5.91 Å². The molecule has 0 unspecified atom stereocenters. The number of likely N-dealkylation sites (tertiary alicyclic amines) is 1. The Morgan fingerprint density at radius 3 is 2.79 bits per heavy atom. The van der Waals surface area contributed by atoms with Crippen molar-refractivity contribution < 1.29 is 14.3 Å². The molecule has 132 valence electrons. The summed E-state index contributed by atoms with van der Waals surface area (Å²) in [5.74, 6) is 0.135. The summed E-state index contributed by atoms with van der Waals surface area (Å²) < 4.78 is 11.8. The summed E-state index contributed by atoms with van der Waals surface area (Å²) in [6.07, 6.45) is 3.46. The van der Waals surface area contributed by atoms with Gasteiger partial charge in [0.05, 0.1) is 25.2 Å². The summed E-state index contributed by atoms with van der Waals surface area (Å²) in [6, 6.07) is 10.3. The molecule has 3 rings (SSSR count). The minimum Gasteiger partial charge on any atom is -0.377 e. The van der Waals surface area contributed by atoms with Crippen LogP contribution in [0.1, 0.15) is 31.2 Å². The van der Waals surface area contributed by atoms with Crippen LogP contribution in [0.25, 0.3) is 0 Å². The van der Waals surface area contributed by atoms with E-state index in [-0.39, 0.29) is 11.5 Å². The average molecular weight is 332 g/mol. The van der Waals surface area contributed by atoms with Crippen LogP contribution < -0.4 is 5.32 Å². The first kappa shape index (κ1) is 17.4. The fourth-order valence-corrected chi connectivity index (χ4v) is 3.52. The van der Waals surface area contributed by atoms with Crippen LogP contribution in [0.3, 0.4) is 0 Å². The molecule has 0 bridgehead atoms. The Morgan fingerprint density at radius 1 is 1.21 bits per heavy atom. The molecule has 0 aliphatic carbocycles. The monoisotopic (exact) mass is 332 g/mol. The van der Waals surface area contributed by atoms with Gasteiger partial charge in [-0.15, -0.1) is 0 Å². The number of nitrogens with one attached hydrogen (secondary N) is 1. The van der Waals surface area contributed by atoms with Crippen LogP contribution in [0.4, 0.5) is 0 Å². The van der Waals surface area contributed by atoms with E-state index in [1.54, 1.807) is 0 Å². The second-order valence-corrected chi connectivity index (χ2v) is 6.79. The van der Waals surface area contributed by atoms with Crippen LogP contribution in [0, 0.1) is 0 Å². The van der Waals surface area contributed by atoms with E-state index < -0.39 is 0 Å². The first-order valence-corrected chi connectivity index (χ1v) is 9.00. The molecule has 1 aromatic carbocycles. The van der Waals surface area contributed by atoms with Gasteiger partial charge in [0.25, 0.3) is 0 Å². The molecule has 0 atom stereocenters. The Morgan fingerprint density at radius 2 is 2.00 bits per heavy atom. The van der Waals surface area contributed by atoms with Crippen molar-refractivity contribution in [2.24, 2.45) is 0 Å². The van der Waals surface area contributed by atoms with E-state index in [9.17, 15) is 4.79 Å². The third kappa shape index (κ3) is 5.03. The predicted octanol–water partition coefficient (Wildman–Crippen LogP) is 1.96. The standard InChI is InChI=1S/C19H28N2O3/c22-18-15-19(24-14-9-20-18)7-11-21(12-8-19)10-4-13-23-16-17-5-2-1-3-6-17/h1-3,5-6H,4,7-16H2,(H,20,22). The Kier molecular flexibility index (Phi) is 6.24. The SMILES string of the molecule is O=C1CC2(CCN(CCCOCc3ccccc3)CC2)OCCN1. The zero-order valence-corrected chi connectivity index (χ0v) is 14.3. The molecule has 2 aliphatic heterocycles. The number of nitrogens with zero attached hydrogens (tertiary/aromatic N) is 1. The van der Waals surface area contributed by atoms with Crippen LogP contribution in [-0.2, 0) is 20.9 Å². The Hall–Kier alpha value is -1.43. The summed E-state index contributed by atoms with van der Waals surface area (Å²) in [5, 5.41) is 2.90. The van der Waals surface area contributed by atoms with Crippen molar-refractivity contribution in [2.45, 2.75) is 37.9 Å². The molecular weight excluding hydrogens is 304 g/mol. The van der Waals surface area contributed by atoms with Crippen molar-refractivity contribution in [2.75, 3.05) is 39.4 Å². The topological polar surface area (TPSA) is 50.8 Å². The highest BCUT2D eigenvalue weighted by Gasteiger charge is 2.38. The smallest absolute Gasteiger partial charge is 0.222 e. The molecule has 0 radical (unpaired) electrons. The molecule has 2 aliphatic rings. The number of amides is 1. The Balaban J connectivity index is 1.31. The predicted molar refractivity (Wildman–Crippen MR) is 92.7 cm³/mol. The van der Waals surface area contributed by atoms with E-state index in [1.807, 2.05) is 18.2 Å². The van der Waals surface area contributed by atoms with Gasteiger partial charge in [0.1, 0.15) is 0 Å². The minimum atomic E-state index is -0.221. The lowest BCUT2D eigenvalue weighted by Crippen LogP contribution is -2.47. The maximum Gasteiger partial charge on any atom is 0.222 e. The van der Waals surface area contributed by atoms with Gasteiger partial charge in [-0.25, -0.2) is 0 Å². The summed E-state index contributed by atoms with van der Waals surface area (Å²) in [5.41, 5.74) is 1.00. The molecular formula is C19H28N2O3. The zero-order valence-electron chi connectivity index (χ0n) is 14.3. The number of piperidine rings is 1. The summed E-state index contributed by atoms with van der Waals surface area (Å²) in [4.78, 5) is 14.2. The highest BCUT2D eigenvalue weighted by molar-refractivity contribution is 5.77. The number of hydrogen-bond donors (Lipinski definition) is 1. The van der Waals surface area contributed by atoms with Gasteiger partial charge in [-0.3, -0.25) is 4.79 Å². The van der Waals surface area contributed by atoms with E-state index in [1.165, 1.54) is 5.56 Å². The van der Waals surface area contributed by atoms with Crippen molar-refractivity contribution in [3.63, 3.8) is 0 Å². The molecule has 5 nitrogen and oxygen atoms in total. The van der Waals surface area contributed by atoms with E-state index in [0.717, 1.165) is 45.5 Å². The highest BCUT2D eigenvalue weighted by Crippen LogP contribution is 2.30. The molecule has 24 heavy (non-hydrogen) atoms. The fourth-order valence-electron chi connectivity index (χ4n) is 3.52. The summed E-state index contributed by atoms with van der Waals surface area (Å²) in [7, 11) is 0. The second kappa shape index (κ2) is 8.60. The molecule has 2 fully saturated rings. The number of rotatable bonds is 6. The van der Waals surface area contributed by atoms with Crippen molar-refractivity contribution in [1.82, 2.24) is 10.2 Å². The van der Waals surface area contributed by atoms with Crippen LogP contribution in [0.5, 0.6) is 0 Å². The molecule has 2 heterocycles. The van der Waals surface area contributed by atoms with Gasteiger partial charge in [0, 0.05) is 32.8 Å². The molecule has 1 aromatic rings. The third-order valence-corrected chi connectivity index (χ3v) is 4.96. The number of benzene rings is 1. The first-order chi connectivity index (χ1) is 11.8. The lowest BCUT2D eigenvalue weighted by Gasteiger charge is -2.40. The van der Waals surface area contributed by atoms with Gasteiger partial charge in [0.15, 0.2) is 0 Å². The van der Waals surface area contributed by atoms with Crippen molar-refractivity contribution in [3.8, 4) is 0 Å². The maximum atomic E-state index is 11.8. The first-order valence-electron chi connectivity index (χ1n) is 9.00. The van der Waals surface area contributed by atoms with Crippen molar-refractivity contribution in [3.05, 3.63) is 35.9 Å². The molecule has 0 saturated carbocycles. The zero-order chi connectivity index (χ0) is 16.7. The summed E-state index contributed by atoms with van der Waals surface area (Å²) in [6.45, 7) is 5.82. The maximum absolute atomic E-state index is 11.8. The number of carbonyl (C=O) groups excluding carboxylic acids is 1. The fraction of sp³-hybridized carbons (Fsp3) is 0.632. The highest BCUT2D eigenvalue weighted by atomic mass is 16.5. The quantitative estimate of drug-likeness (QED) is 0.809. The lowest BCUT2D eigenvalue weighted by atomic mass is 9.87. The third-order valence-electron chi connectivity index (χ3n) is 4.96. The molecule has 5 heteroatoms. The molecule has 0 aromatic heterocycles. The lowest BCUT2D eigenvalue weighted by molar-refractivity contribution is -0.128. The van der Waals surface area contributed by atoms with Crippen LogP contribution in [0.15, 0.2) is 30.3 Å². The van der Waals surface area contributed by atoms with Gasteiger partial charge in [-0.2, -0.15) is 0 Å². The van der Waals surface area contributed by atoms with Gasteiger partial charge in [-0.05, 0) is 24.8 Å². The Labute approximate surface area is 144 Å². The Bertz CT molecular complexity index is 513. The molecule has 1 N–H and O–H groups in total. The normalized spacial score (nSPS) is 21.4. The molecule has 1 spiro atoms. The molecule has 1 amide bonds. The van der Waals surface area contributed by atoms with Crippen LogP contribution in [-0.4, -0.2) is 55.8 Å². The van der Waals surface area contributed by atoms with Crippen LogP contribution >= 0.6 is 0 Å². The van der Waals surface area contributed by atoms with E-state index in [0.29, 0.717) is 26.2 Å². The van der Waals surface area contributed by atoms with Gasteiger partial charge >= 0.3 is 0 Å². The average Bonchev–Trinajstić information content (AvgIpc) is 2.79. The second-order valence-electron chi connectivity index (χ2n) is 6.79.